The van der Waals surface area contributed by atoms with Crippen molar-refractivity contribution in [3.63, 3.8) is 0 Å². The van der Waals surface area contributed by atoms with Gasteiger partial charge in [-0.1, -0.05) is 76.5 Å². The van der Waals surface area contributed by atoms with Crippen molar-refractivity contribution in [1.29, 1.82) is 0 Å². The number of hydrogen-bond donors (Lipinski definition) is 0. The number of unbranched alkanes of at least 4 members (excludes halogenated alkanes) is 5. The summed E-state index contributed by atoms with van der Waals surface area (Å²) in [4.78, 5) is 0. The molecule has 2 rings (SSSR count). The Kier molecular flexibility index (Phi) is 10.4. The highest BCUT2D eigenvalue weighted by Crippen LogP contribution is 2.44. The van der Waals surface area contributed by atoms with Crippen LogP contribution >= 0.6 is 8.60 Å². The van der Waals surface area contributed by atoms with Gasteiger partial charge in [-0.3, -0.25) is 4.52 Å². The monoisotopic (exact) mass is 352 g/mol. The molecule has 1 atom stereocenters. The fourth-order valence-electron chi connectivity index (χ4n) is 2.96. The predicted molar refractivity (Wildman–Crippen MR) is 101 cm³/mol. The lowest BCUT2D eigenvalue weighted by Gasteiger charge is -2.25. The van der Waals surface area contributed by atoms with E-state index in [1.807, 2.05) is 30.3 Å². The van der Waals surface area contributed by atoms with E-state index in [4.69, 9.17) is 13.6 Å². The fourth-order valence-corrected chi connectivity index (χ4v) is 4.14. The quantitative estimate of drug-likeness (QED) is 0.299. The van der Waals surface area contributed by atoms with Crippen molar-refractivity contribution in [1.82, 2.24) is 0 Å². The highest BCUT2D eigenvalue weighted by Gasteiger charge is 2.23. The van der Waals surface area contributed by atoms with Crippen LogP contribution in [0.4, 0.5) is 0 Å². The van der Waals surface area contributed by atoms with Crippen molar-refractivity contribution in [3.8, 4) is 5.75 Å². The van der Waals surface area contributed by atoms with Crippen molar-refractivity contribution in [3.05, 3.63) is 30.3 Å². The topological polar surface area (TPSA) is 27.7 Å². The molecule has 0 aromatic heterocycles. The molecule has 24 heavy (non-hydrogen) atoms. The van der Waals surface area contributed by atoms with Gasteiger partial charge < -0.3 is 9.05 Å². The summed E-state index contributed by atoms with van der Waals surface area (Å²) >= 11 is 0. The first kappa shape index (κ1) is 19.7. The zero-order valence-electron chi connectivity index (χ0n) is 15.1. The molecule has 1 aromatic rings. The lowest BCUT2D eigenvalue weighted by molar-refractivity contribution is 0.117. The van der Waals surface area contributed by atoms with E-state index in [9.17, 15) is 0 Å². The van der Waals surface area contributed by atoms with Gasteiger partial charge in [0.15, 0.2) is 0 Å². The molecule has 0 heterocycles. The van der Waals surface area contributed by atoms with Crippen molar-refractivity contribution < 1.29 is 13.6 Å². The molecule has 0 radical (unpaired) electrons. The number of benzene rings is 1. The summed E-state index contributed by atoms with van der Waals surface area (Å²) in [5.74, 6) is 0.836. The smallest absolute Gasteiger partial charge is 0.397 e. The van der Waals surface area contributed by atoms with Gasteiger partial charge in [-0.2, -0.15) is 0 Å². The van der Waals surface area contributed by atoms with Crippen LogP contribution in [0.15, 0.2) is 30.3 Å². The first-order valence-electron chi connectivity index (χ1n) is 9.71. The Morgan fingerprint density at radius 2 is 1.62 bits per heavy atom. The molecular weight excluding hydrogens is 319 g/mol. The molecule has 1 aliphatic rings. The van der Waals surface area contributed by atoms with Crippen LogP contribution in [-0.4, -0.2) is 12.7 Å². The van der Waals surface area contributed by atoms with Crippen LogP contribution in [0.5, 0.6) is 5.75 Å². The highest BCUT2D eigenvalue weighted by molar-refractivity contribution is 7.42. The summed E-state index contributed by atoms with van der Waals surface area (Å²) in [6.07, 6.45) is 14.0. The van der Waals surface area contributed by atoms with E-state index >= 15 is 0 Å². The molecule has 0 amide bonds. The van der Waals surface area contributed by atoms with Gasteiger partial charge >= 0.3 is 8.60 Å². The first-order chi connectivity index (χ1) is 11.9. The summed E-state index contributed by atoms with van der Waals surface area (Å²) in [5, 5.41) is 0. The molecule has 0 N–H and O–H groups in total. The summed E-state index contributed by atoms with van der Waals surface area (Å²) in [5.41, 5.74) is 0. The molecular formula is C20H33O3P. The molecule has 0 saturated heterocycles. The van der Waals surface area contributed by atoms with Crippen LogP contribution in [0, 0.1) is 0 Å². The largest absolute Gasteiger partial charge is 0.427 e. The van der Waals surface area contributed by atoms with Crippen molar-refractivity contribution in [2.24, 2.45) is 0 Å². The van der Waals surface area contributed by atoms with Crippen LogP contribution in [0.1, 0.15) is 77.6 Å². The van der Waals surface area contributed by atoms with Gasteiger partial charge in [-0.25, -0.2) is 0 Å². The molecule has 1 aromatic carbocycles. The Morgan fingerprint density at radius 1 is 0.917 bits per heavy atom. The van der Waals surface area contributed by atoms with E-state index < -0.39 is 8.60 Å². The summed E-state index contributed by atoms with van der Waals surface area (Å²) in [6, 6.07) is 9.89. The average Bonchev–Trinajstić information content (AvgIpc) is 2.62. The Hall–Kier alpha value is -0.630. The van der Waals surface area contributed by atoms with Crippen molar-refractivity contribution >= 4 is 8.60 Å². The van der Waals surface area contributed by atoms with Gasteiger partial charge in [-0.15, -0.1) is 0 Å². The number of para-hydroxylation sites is 1. The van der Waals surface area contributed by atoms with Crippen LogP contribution in [0.25, 0.3) is 0 Å². The first-order valence-corrected chi connectivity index (χ1v) is 10.8. The molecule has 0 spiro atoms. The minimum Gasteiger partial charge on any atom is -0.427 e. The second-order valence-corrected chi connectivity index (χ2v) is 7.69. The lowest BCUT2D eigenvalue weighted by atomic mass is 9.98. The summed E-state index contributed by atoms with van der Waals surface area (Å²) in [6.45, 7) is 2.98. The maximum absolute atomic E-state index is 6.16. The van der Waals surface area contributed by atoms with E-state index in [1.54, 1.807) is 0 Å². The van der Waals surface area contributed by atoms with Crippen LogP contribution in [-0.2, 0) is 9.05 Å². The van der Waals surface area contributed by atoms with Gasteiger partial charge in [-0.05, 0) is 31.4 Å². The molecule has 0 bridgehead atoms. The van der Waals surface area contributed by atoms with E-state index in [0.717, 1.165) is 31.6 Å². The number of hydrogen-bond acceptors (Lipinski definition) is 3. The number of rotatable bonds is 12. The second-order valence-electron chi connectivity index (χ2n) is 6.59. The normalized spacial score (nSPS) is 16.9. The lowest BCUT2D eigenvalue weighted by Crippen LogP contribution is -2.16. The molecule has 4 heteroatoms. The second kappa shape index (κ2) is 12.7. The molecule has 1 saturated carbocycles. The Morgan fingerprint density at radius 3 is 2.38 bits per heavy atom. The van der Waals surface area contributed by atoms with Gasteiger partial charge in [0.1, 0.15) is 5.75 Å². The Labute approximate surface area is 149 Å². The Balaban J connectivity index is 1.72. The highest BCUT2D eigenvalue weighted by atomic mass is 31.2. The van der Waals surface area contributed by atoms with Gasteiger partial charge in [0.2, 0.25) is 0 Å². The molecule has 3 nitrogen and oxygen atoms in total. The van der Waals surface area contributed by atoms with Crippen molar-refractivity contribution in [2.75, 3.05) is 6.61 Å². The maximum atomic E-state index is 6.16. The molecule has 136 valence electrons. The van der Waals surface area contributed by atoms with E-state index in [1.165, 1.54) is 51.4 Å². The van der Waals surface area contributed by atoms with Crippen LogP contribution < -0.4 is 4.52 Å². The van der Waals surface area contributed by atoms with Gasteiger partial charge in [0, 0.05) is 0 Å². The zero-order chi connectivity index (χ0) is 16.9. The third kappa shape index (κ3) is 8.46. The zero-order valence-corrected chi connectivity index (χ0v) is 16.0. The molecule has 1 fully saturated rings. The molecule has 1 aliphatic carbocycles. The van der Waals surface area contributed by atoms with Crippen LogP contribution in [0.3, 0.4) is 0 Å². The minimum absolute atomic E-state index is 0.304. The molecule has 0 aliphatic heterocycles. The van der Waals surface area contributed by atoms with Crippen molar-refractivity contribution in [2.45, 2.75) is 83.7 Å². The summed E-state index contributed by atoms with van der Waals surface area (Å²) in [7, 11) is -1.29. The Bertz CT molecular complexity index is 407. The summed E-state index contributed by atoms with van der Waals surface area (Å²) < 4.78 is 18.1. The standard InChI is InChI=1S/C20H33O3P/c1-2-3-4-5-6-13-18-21-24(22-19-14-9-7-10-15-19)23-20-16-11-8-12-17-20/h7,9-10,14-15,20H,2-6,8,11-13,16-18H2,1H3. The predicted octanol–water partition coefficient (Wildman–Crippen LogP) is 7.02. The fraction of sp³-hybridized carbons (Fsp3) is 0.700. The van der Waals surface area contributed by atoms with E-state index in [2.05, 4.69) is 6.92 Å². The minimum atomic E-state index is -1.29. The third-order valence-corrected chi connectivity index (χ3v) is 5.63. The van der Waals surface area contributed by atoms with Crippen LogP contribution in [0.2, 0.25) is 0 Å². The van der Waals surface area contributed by atoms with Gasteiger partial charge in [0.25, 0.3) is 0 Å². The average molecular weight is 352 g/mol. The third-order valence-electron chi connectivity index (χ3n) is 4.41. The molecule has 1 unspecified atom stereocenters. The maximum Gasteiger partial charge on any atom is 0.397 e. The SMILES string of the molecule is CCCCCCCCOP(Oc1ccccc1)OC1CCCCC1. The van der Waals surface area contributed by atoms with Gasteiger partial charge in [0.05, 0.1) is 12.7 Å². The van der Waals surface area contributed by atoms with E-state index in [-0.39, 0.29) is 0 Å². The van der Waals surface area contributed by atoms with E-state index in [0.29, 0.717) is 6.10 Å².